The smallest absolute Gasteiger partial charge is 0.335 e. The van der Waals surface area contributed by atoms with Gasteiger partial charge < -0.3 is 25.4 Å². The number of benzene rings is 1. The van der Waals surface area contributed by atoms with Crippen molar-refractivity contribution in [1.82, 2.24) is 4.90 Å². The number of anilines is 1. The number of carbonyl (C=O) groups excluding carboxylic acids is 1. The van der Waals surface area contributed by atoms with Gasteiger partial charge in [0.2, 0.25) is 5.91 Å². The predicted molar refractivity (Wildman–Crippen MR) is 128 cm³/mol. The van der Waals surface area contributed by atoms with Crippen LogP contribution in [-0.4, -0.2) is 61.7 Å². The topological polar surface area (TPSA) is 96.1 Å². The molecule has 2 saturated carbocycles. The van der Waals surface area contributed by atoms with Crippen molar-refractivity contribution in [2.24, 2.45) is 17.6 Å². The highest BCUT2D eigenvalue weighted by Gasteiger charge is 2.34. The quantitative estimate of drug-likeness (QED) is 0.576. The number of halogens is 1. The number of hydrogen-bond acceptors (Lipinski definition) is 5. The molecule has 0 spiro atoms. The lowest BCUT2D eigenvalue weighted by Crippen LogP contribution is -2.52. The van der Waals surface area contributed by atoms with E-state index in [1.807, 2.05) is 37.0 Å². The molecule has 0 radical (unpaired) electrons. The maximum absolute atomic E-state index is 12.7. The summed E-state index contributed by atoms with van der Waals surface area (Å²) in [7, 11) is 5.68. The van der Waals surface area contributed by atoms with E-state index in [2.05, 4.69) is 0 Å². The number of amides is 1. The second kappa shape index (κ2) is 11.9. The Morgan fingerprint density at radius 3 is 2.28 bits per heavy atom. The molecule has 0 aromatic heterocycles. The third-order valence-corrected chi connectivity index (χ3v) is 7.02. The fourth-order valence-corrected chi connectivity index (χ4v) is 4.59. The first-order valence-corrected chi connectivity index (χ1v) is 11.4. The van der Waals surface area contributed by atoms with E-state index in [0.717, 1.165) is 49.8 Å². The molecule has 2 aliphatic rings. The van der Waals surface area contributed by atoms with Crippen LogP contribution in [0.25, 0.3) is 0 Å². The van der Waals surface area contributed by atoms with Crippen molar-refractivity contribution in [2.75, 3.05) is 32.6 Å². The van der Waals surface area contributed by atoms with Crippen LogP contribution >= 0.6 is 12.4 Å². The van der Waals surface area contributed by atoms with Crippen molar-refractivity contribution in [1.29, 1.82) is 0 Å². The normalized spacial score (nSPS) is 21.8. The van der Waals surface area contributed by atoms with Gasteiger partial charge in [0, 0.05) is 39.5 Å². The largest absolute Gasteiger partial charge is 0.478 e. The Bertz CT molecular complexity index is 777. The lowest BCUT2D eigenvalue weighted by molar-refractivity contribution is -0.136. The van der Waals surface area contributed by atoms with E-state index in [9.17, 15) is 14.7 Å². The fraction of sp³-hybridized carbons (Fsp3) is 0.667. The first-order valence-electron chi connectivity index (χ1n) is 11.4. The summed E-state index contributed by atoms with van der Waals surface area (Å²) in [5, 5.41) is 9.34. The van der Waals surface area contributed by atoms with Crippen LogP contribution in [0.2, 0.25) is 0 Å². The van der Waals surface area contributed by atoms with E-state index in [0.29, 0.717) is 25.2 Å². The summed E-state index contributed by atoms with van der Waals surface area (Å²) in [5.41, 5.74) is 8.32. The molecule has 0 saturated heterocycles. The van der Waals surface area contributed by atoms with E-state index in [4.69, 9.17) is 10.5 Å². The van der Waals surface area contributed by atoms with Crippen LogP contribution in [0, 0.1) is 11.8 Å². The fourth-order valence-electron chi connectivity index (χ4n) is 4.59. The molecule has 0 heterocycles. The van der Waals surface area contributed by atoms with Gasteiger partial charge in [-0.15, -0.1) is 12.4 Å². The van der Waals surface area contributed by atoms with Gasteiger partial charge in [0.25, 0.3) is 0 Å². The van der Waals surface area contributed by atoms with Crippen LogP contribution in [0.1, 0.15) is 60.9 Å². The molecule has 3 rings (SSSR count). The Balaban J connectivity index is 0.00000363. The van der Waals surface area contributed by atoms with Gasteiger partial charge in [-0.3, -0.25) is 4.79 Å². The maximum Gasteiger partial charge on any atom is 0.335 e. The van der Waals surface area contributed by atoms with Gasteiger partial charge in [0.1, 0.15) is 0 Å². The molecule has 32 heavy (non-hydrogen) atoms. The summed E-state index contributed by atoms with van der Waals surface area (Å²) in [6.07, 6.45) is 7.35. The Kier molecular flexibility index (Phi) is 9.80. The summed E-state index contributed by atoms with van der Waals surface area (Å²) < 4.78 is 5.95. The number of hydrogen-bond donors (Lipinski definition) is 2. The van der Waals surface area contributed by atoms with Crippen molar-refractivity contribution >= 4 is 30.0 Å². The molecule has 180 valence electrons. The van der Waals surface area contributed by atoms with Gasteiger partial charge in [-0.2, -0.15) is 0 Å². The predicted octanol–water partition coefficient (Wildman–Crippen LogP) is 3.53. The molecule has 1 aromatic carbocycles. The minimum absolute atomic E-state index is 0. The molecule has 0 bridgehead atoms. The second-order valence-electron chi connectivity index (χ2n) is 9.44. The summed E-state index contributed by atoms with van der Waals surface area (Å²) in [6, 6.07) is 5.30. The highest BCUT2D eigenvalue weighted by atomic mass is 35.5. The Hall–Kier alpha value is -1.83. The van der Waals surface area contributed by atoms with Gasteiger partial charge in [0.15, 0.2) is 0 Å². The second-order valence-corrected chi connectivity index (χ2v) is 9.44. The first kappa shape index (κ1) is 26.4. The number of aromatic carboxylic acids is 1. The molecule has 2 aliphatic carbocycles. The third-order valence-electron chi connectivity index (χ3n) is 7.02. The number of nitrogens with two attached hydrogens (primary N) is 1. The molecule has 1 aromatic rings. The van der Waals surface area contributed by atoms with Crippen LogP contribution in [0.5, 0.6) is 0 Å². The molecule has 7 nitrogen and oxygen atoms in total. The maximum atomic E-state index is 12.7. The SMILES string of the molecule is CN(C)c1cc(COC[C@H]2CC[C@H]([C@H](N)C(=O)N(C)C3CCC3)CC2)cc(C(=O)O)c1.Cl. The van der Waals surface area contributed by atoms with Crippen molar-refractivity contribution < 1.29 is 19.4 Å². The first-order chi connectivity index (χ1) is 14.8. The summed E-state index contributed by atoms with van der Waals surface area (Å²) in [4.78, 5) is 27.8. The molecular formula is C24H38ClN3O4. The zero-order valence-corrected chi connectivity index (χ0v) is 20.3. The van der Waals surface area contributed by atoms with E-state index >= 15 is 0 Å². The number of carbonyl (C=O) groups is 2. The third kappa shape index (κ3) is 6.59. The summed E-state index contributed by atoms with van der Waals surface area (Å²) >= 11 is 0. The van der Waals surface area contributed by atoms with Crippen LogP contribution in [-0.2, 0) is 16.1 Å². The number of carboxylic acids is 1. The minimum Gasteiger partial charge on any atom is -0.478 e. The summed E-state index contributed by atoms with van der Waals surface area (Å²) in [6.45, 7) is 1.04. The van der Waals surface area contributed by atoms with E-state index in [-0.39, 0.29) is 29.8 Å². The zero-order chi connectivity index (χ0) is 22.5. The van der Waals surface area contributed by atoms with Crippen molar-refractivity contribution in [3.63, 3.8) is 0 Å². The van der Waals surface area contributed by atoms with Crippen molar-refractivity contribution in [3.05, 3.63) is 29.3 Å². The molecule has 2 fully saturated rings. The number of nitrogens with zero attached hydrogens (tertiary/aromatic N) is 2. The van der Waals surface area contributed by atoms with Gasteiger partial charge >= 0.3 is 5.97 Å². The number of ether oxygens (including phenoxy) is 1. The highest BCUT2D eigenvalue weighted by molar-refractivity contribution is 5.89. The molecule has 1 atom stereocenters. The van der Waals surface area contributed by atoms with Crippen LogP contribution in [0.3, 0.4) is 0 Å². The Morgan fingerprint density at radius 1 is 1.09 bits per heavy atom. The minimum atomic E-state index is -0.933. The van der Waals surface area contributed by atoms with Gasteiger partial charge in [-0.1, -0.05) is 0 Å². The lowest BCUT2D eigenvalue weighted by atomic mass is 9.78. The zero-order valence-electron chi connectivity index (χ0n) is 19.5. The lowest BCUT2D eigenvalue weighted by Gasteiger charge is -2.38. The Labute approximate surface area is 197 Å². The van der Waals surface area contributed by atoms with Gasteiger partial charge in [-0.05, 0) is 80.5 Å². The highest BCUT2D eigenvalue weighted by Crippen LogP contribution is 2.32. The van der Waals surface area contributed by atoms with Crippen molar-refractivity contribution in [2.45, 2.75) is 63.6 Å². The average molecular weight is 468 g/mol. The monoisotopic (exact) mass is 467 g/mol. The van der Waals surface area contributed by atoms with Gasteiger partial charge in [-0.25, -0.2) is 4.79 Å². The molecule has 0 unspecified atom stereocenters. The standard InChI is InChI=1S/C24H37N3O4.ClH/c1-26(2)21-12-17(11-19(13-21)24(29)30)15-31-14-16-7-9-18(10-8-16)22(25)23(28)27(3)20-5-4-6-20;/h11-13,16,18,20,22H,4-10,14-15,25H2,1-3H3,(H,29,30);1H/t16-,18-,22-;/m0./s1. The Morgan fingerprint density at radius 2 is 1.75 bits per heavy atom. The number of rotatable bonds is 9. The molecular weight excluding hydrogens is 430 g/mol. The average Bonchev–Trinajstić information content (AvgIpc) is 2.71. The number of likely N-dealkylation sites (N-methyl/N-ethyl adjacent to an activating group) is 1. The van der Waals surface area contributed by atoms with E-state index < -0.39 is 12.0 Å². The molecule has 8 heteroatoms. The molecule has 1 amide bonds. The van der Waals surface area contributed by atoms with Crippen molar-refractivity contribution in [3.8, 4) is 0 Å². The van der Waals surface area contributed by atoms with Gasteiger partial charge in [0.05, 0.1) is 18.2 Å². The molecule has 0 aliphatic heterocycles. The van der Waals surface area contributed by atoms with Crippen LogP contribution in [0.15, 0.2) is 18.2 Å². The van der Waals surface area contributed by atoms with E-state index in [1.165, 1.54) is 6.42 Å². The number of carboxylic acid groups (broad SMARTS) is 1. The summed E-state index contributed by atoms with van der Waals surface area (Å²) in [5.74, 6) is -0.128. The van der Waals surface area contributed by atoms with Crippen LogP contribution in [0.4, 0.5) is 5.69 Å². The van der Waals surface area contributed by atoms with Crippen LogP contribution < -0.4 is 10.6 Å². The molecule has 3 N–H and O–H groups in total. The van der Waals surface area contributed by atoms with E-state index in [1.54, 1.807) is 12.1 Å².